The maximum atomic E-state index is 6.65. The van der Waals surface area contributed by atoms with Gasteiger partial charge < -0.3 is 23.5 Å². The van der Waals surface area contributed by atoms with Crippen LogP contribution in [0.5, 0.6) is 0 Å². The molecule has 168 valence electrons. The van der Waals surface area contributed by atoms with Gasteiger partial charge in [0.2, 0.25) is 0 Å². The van der Waals surface area contributed by atoms with Crippen molar-refractivity contribution in [3.63, 3.8) is 0 Å². The molecule has 0 amide bonds. The van der Waals surface area contributed by atoms with Gasteiger partial charge in [-0.25, -0.2) is 9.97 Å². The van der Waals surface area contributed by atoms with Gasteiger partial charge in [0.05, 0.1) is 5.39 Å². The number of aromatic nitrogens is 3. The van der Waals surface area contributed by atoms with Gasteiger partial charge in [0.15, 0.2) is 12.0 Å². The Balaban J connectivity index is 1.42. The fourth-order valence-corrected chi connectivity index (χ4v) is 5.51. The molecule has 5 atom stereocenters. The number of ether oxygens (including phenoxy) is 4. The summed E-state index contributed by atoms with van der Waals surface area (Å²) < 4.78 is 27.6. The van der Waals surface area contributed by atoms with Crippen LogP contribution in [-0.2, 0) is 25.4 Å². The topological polar surface area (TPSA) is 67.6 Å². The molecule has 0 spiro atoms. The standard InChI is InChI=1S/C23H23Cl2N3O4/c1-23(2)31-18-17(16-14-6-5-13(24)10-12(14)4-3-9-29-16)30-22(19(18)32-23)28-8-7-15-20(25)26-11-27-21(15)28/h5-8,10-11,16-19,22H,3-4,9H2,1-2H3/t16-,17-,18-,19-,22-/m1/s1. The molecule has 2 aromatic heterocycles. The van der Waals surface area contributed by atoms with Crippen molar-refractivity contribution in [3.05, 3.63) is 58.1 Å². The third-order valence-electron chi connectivity index (χ3n) is 6.40. The van der Waals surface area contributed by atoms with Gasteiger partial charge in [-0.1, -0.05) is 29.3 Å². The summed E-state index contributed by atoms with van der Waals surface area (Å²) >= 11 is 12.6. The summed E-state index contributed by atoms with van der Waals surface area (Å²) in [6, 6.07) is 7.86. The van der Waals surface area contributed by atoms with E-state index in [0.29, 0.717) is 17.4 Å². The Bertz CT molecular complexity index is 1180. The van der Waals surface area contributed by atoms with E-state index in [1.807, 2.05) is 48.9 Å². The second-order valence-electron chi connectivity index (χ2n) is 8.92. The van der Waals surface area contributed by atoms with Crippen molar-refractivity contribution in [2.24, 2.45) is 0 Å². The van der Waals surface area contributed by atoms with Crippen LogP contribution in [0.2, 0.25) is 10.2 Å². The smallest absolute Gasteiger partial charge is 0.164 e. The highest BCUT2D eigenvalue weighted by atomic mass is 35.5. The first kappa shape index (κ1) is 20.8. The first-order valence-corrected chi connectivity index (χ1v) is 11.5. The van der Waals surface area contributed by atoms with E-state index in [1.165, 1.54) is 11.9 Å². The van der Waals surface area contributed by atoms with E-state index in [4.69, 9.17) is 42.1 Å². The summed E-state index contributed by atoms with van der Waals surface area (Å²) in [6.45, 7) is 4.49. The zero-order valence-corrected chi connectivity index (χ0v) is 19.2. The molecule has 3 aromatic rings. The first-order valence-electron chi connectivity index (χ1n) is 10.8. The number of fused-ring (bicyclic) bond motifs is 3. The van der Waals surface area contributed by atoms with Crippen LogP contribution >= 0.6 is 23.2 Å². The summed E-state index contributed by atoms with van der Waals surface area (Å²) in [6.07, 6.45) is 3.46. The molecule has 0 saturated carbocycles. The molecule has 32 heavy (non-hydrogen) atoms. The summed E-state index contributed by atoms with van der Waals surface area (Å²) in [5.74, 6) is -0.737. The highest BCUT2D eigenvalue weighted by Gasteiger charge is 2.58. The van der Waals surface area contributed by atoms with Gasteiger partial charge in [-0.2, -0.15) is 0 Å². The predicted molar refractivity (Wildman–Crippen MR) is 119 cm³/mol. The Morgan fingerprint density at radius 3 is 2.78 bits per heavy atom. The number of benzene rings is 1. The van der Waals surface area contributed by atoms with Crippen LogP contribution in [0.15, 0.2) is 36.8 Å². The van der Waals surface area contributed by atoms with Crippen molar-refractivity contribution in [1.82, 2.24) is 14.5 Å². The monoisotopic (exact) mass is 475 g/mol. The van der Waals surface area contributed by atoms with Crippen molar-refractivity contribution in [2.45, 2.75) is 63.1 Å². The molecule has 3 aliphatic rings. The quantitative estimate of drug-likeness (QED) is 0.493. The third kappa shape index (κ3) is 3.34. The van der Waals surface area contributed by atoms with Crippen LogP contribution in [0.3, 0.4) is 0 Å². The molecular formula is C23H23Cl2N3O4. The molecule has 5 heterocycles. The lowest BCUT2D eigenvalue weighted by atomic mass is 9.94. The highest BCUT2D eigenvalue weighted by molar-refractivity contribution is 6.33. The second kappa shape index (κ2) is 7.65. The van der Waals surface area contributed by atoms with Crippen LogP contribution in [0, 0.1) is 0 Å². The molecule has 9 heteroatoms. The summed E-state index contributed by atoms with van der Waals surface area (Å²) in [7, 11) is 0. The van der Waals surface area contributed by atoms with Crippen molar-refractivity contribution in [2.75, 3.05) is 6.61 Å². The van der Waals surface area contributed by atoms with E-state index in [0.717, 1.165) is 28.8 Å². The second-order valence-corrected chi connectivity index (χ2v) is 9.71. The Kier molecular flexibility index (Phi) is 4.98. The fourth-order valence-electron chi connectivity index (χ4n) is 5.12. The molecule has 0 bridgehead atoms. The average molecular weight is 476 g/mol. The van der Waals surface area contributed by atoms with E-state index in [-0.39, 0.29) is 24.4 Å². The number of hydrogen-bond acceptors (Lipinski definition) is 6. The lowest BCUT2D eigenvalue weighted by Crippen LogP contribution is -2.35. The highest BCUT2D eigenvalue weighted by Crippen LogP contribution is 2.49. The Morgan fingerprint density at radius 1 is 1.06 bits per heavy atom. The SMILES string of the molecule is CC1(C)O[C@H]2[C@@H](O1)[C@H](n1ccc3c(Cl)ncnc31)O[C@@H]2[C@@H]1OCCCc2cc(Cl)ccc21. The molecule has 7 nitrogen and oxygen atoms in total. The van der Waals surface area contributed by atoms with Crippen LogP contribution in [0.4, 0.5) is 0 Å². The largest absolute Gasteiger partial charge is 0.371 e. The van der Waals surface area contributed by atoms with E-state index >= 15 is 0 Å². The number of hydrogen-bond donors (Lipinski definition) is 0. The molecule has 0 aliphatic carbocycles. The lowest BCUT2D eigenvalue weighted by molar-refractivity contribution is -0.211. The first-order chi connectivity index (χ1) is 15.4. The lowest BCUT2D eigenvalue weighted by Gasteiger charge is -2.29. The molecule has 0 unspecified atom stereocenters. The molecule has 0 N–H and O–H groups in total. The van der Waals surface area contributed by atoms with Crippen LogP contribution in [0.25, 0.3) is 11.0 Å². The number of rotatable bonds is 2. The minimum atomic E-state index is -0.737. The minimum Gasteiger partial charge on any atom is -0.371 e. The van der Waals surface area contributed by atoms with Gasteiger partial charge in [-0.05, 0) is 56.0 Å². The number of nitrogens with zero attached hydrogens (tertiary/aromatic N) is 3. The zero-order chi connectivity index (χ0) is 22.0. The molecule has 3 aliphatic heterocycles. The van der Waals surface area contributed by atoms with Gasteiger partial charge in [0.1, 0.15) is 41.5 Å². The van der Waals surface area contributed by atoms with Crippen molar-refractivity contribution in [3.8, 4) is 0 Å². The fraction of sp³-hybridized carbons (Fsp3) is 0.478. The third-order valence-corrected chi connectivity index (χ3v) is 6.93. The van der Waals surface area contributed by atoms with E-state index in [1.54, 1.807) is 0 Å². The summed E-state index contributed by atoms with van der Waals surface area (Å²) in [5, 5.41) is 1.90. The normalized spacial score (nSPS) is 31.4. The molecular weight excluding hydrogens is 453 g/mol. The van der Waals surface area contributed by atoms with E-state index in [2.05, 4.69) is 9.97 Å². The van der Waals surface area contributed by atoms with E-state index < -0.39 is 12.0 Å². The number of halogens is 2. The van der Waals surface area contributed by atoms with Gasteiger partial charge in [0, 0.05) is 17.8 Å². The Labute approximate surface area is 195 Å². The average Bonchev–Trinajstić information content (AvgIpc) is 3.35. The molecule has 0 radical (unpaired) electrons. The van der Waals surface area contributed by atoms with Crippen LogP contribution in [0.1, 0.15) is 43.7 Å². The van der Waals surface area contributed by atoms with Gasteiger partial charge in [-0.15, -0.1) is 0 Å². The summed E-state index contributed by atoms with van der Waals surface area (Å²) in [4.78, 5) is 8.52. The Morgan fingerprint density at radius 2 is 1.91 bits per heavy atom. The predicted octanol–water partition coefficient (Wildman–Crippen LogP) is 4.86. The van der Waals surface area contributed by atoms with E-state index in [9.17, 15) is 0 Å². The molecule has 2 fully saturated rings. The molecule has 6 rings (SSSR count). The maximum absolute atomic E-state index is 6.65. The van der Waals surface area contributed by atoms with Crippen molar-refractivity contribution < 1.29 is 18.9 Å². The van der Waals surface area contributed by atoms with Gasteiger partial charge in [0.25, 0.3) is 0 Å². The van der Waals surface area contributed by atoms with Gasteiger partial charge in [-0.3, -0.25) is 0 Å². The van der Waals surface area contributed by atoms with Crippen LogP contribution in [-0.4, -0.2) is 45.2 Å². The van der Waals surface area contributed by atoms with Crippen molar-refractivity contribution in [1.29, 1.82) is 0 Å². The van der Waals surface area contributed by atoms with Crippen LogP contribution < -0.4 is 0 Å². The molecule has 2 saturated heterocycles. The van der Waals surface area contributed by atoms with Crippen molar-refractivity contribution >= 4 is 34.2 Å². The number of aryl methyl sites for hydroxylation is 1. The zero-order valence-electron chi connectivity index (χ0n) is 17.7. The Hall–Kier alpha value is -1.74. The minimum absolute atomic E-state index is 0.292. The van der Waals surface area contributed by atoms with Gasteiger partial charge >= 0.3 is 0 Å². The molecule has 1 aromatic carbocycles. The maximum Gasteiger partial charge on any atom is 0.164 e. The summed E-state index contributed by atoms with van der Waals surface area (Å²) in [5.41, 5.74) is 2.97.